The van der Waals surface area contributed by atoms with E-state index in [-0.39, 0.29) is 29.6 Å². The van der Waals surface area contributed by atoms with Gasteiger partial charge in [-0.05, 0) is 49.6 Å². The minimum atomic E-state index is -0.338. The van der Waals surface area contributed by atoms with Crippen molar-refractivity contribution in [3.05, 3.63) is 64.7 Å². The van der Waals surface area contributed by atoms with Gasteiger partial charge in [0.05, 0.1) is 0 Å². The Morgan fingerprint density at radius 3 is 2.60 bits per heavy atom. The molecule has 0 unspecified atom stereocenters. The van der Waals surface area contributed by atoms with Crippen molar-refractivity contribution in [3.8, 4) is 0 Å². The van der Waals surface area contributed by atoms with Gasteiger partial charge in [-0.1, -0.05) is 49.4 Å². The van der Waals surface area contributed by atoms with Crippen molar-refractivity contribution in [1.29, 1.82) is 0 Å². The van der Waals surface area contributed by atoms with E-state index < -0.39 is 0 Å². The summed E-state index contributed by atoms with van der Waals surface area (Å²) >= 11 is 1.28. The zero-order chi connectivity index (χ0) is 24.9. The molecule has 0 spiro atoms. The maximum Gasteiger partial charge on any atom is 0.257 e. The molecule has 182 valence electrons. The topological polar surface area (TPSA) is 104 Å². The summed E-state index contributed by atoms with van der Waals surface area (Å²) < 4.78 is 0. The minimum absolute atomic E-state index is 0.0489. The summed E-state index contributed by atoms with van der Waals surface area (Å²) in [6.07, 6.45) is 1.88. The van der Waals surface area contributed by atoms with Crippen LogP contribution < -0.4 is 15.5 Å². The molecular formula is C26H29N5O3S. The summed E-state index contributed by atoms with van der Waals surface area (Å²) in [4.78, 5) is 39.6. The average Bonchev–Trinajstić information content (AvgIpc) is 3.47. The molecule has 2 aromatic carbocycles. The van der Waals surface area contributed by atoms with Gasteiger partial charge in [0, 0.05) is 41.7 Å². The lowest BCUT2D eigenvalue weighted by molar-refractivity contribution is -0.120. The monoisotopic (exact) mass is 491 g/mol. The maximum atomic E-state index is 12.8. The summed E-state index contributed by atoms with van der Waals surface area (Å²) in [7, 11) is 0. The van der Waals surface area contributed by atoms with Crippen LogP contribution in [-0.2, 0) is 9.59 Å². The first-order valence-electron chi connectivity index (χ1n) is 11.8. The van der Waals surface area contributed by atoms with Crippen LogP contribution in [-0.4, -0.2) is 34.5 Å². The van der Waals surface area contributed by atoms with E-state index in [1.807, 2.05) is 45.0 Å². The summed E-state index contributed by atoms with van der Waals surface area (Å²) in [5.41, 5.74) is 2.94. The molecule has 1 fully saturated rings. The largest absolute Gasteiger partial charge is 0.326 e. The van der Waals surface area contributed by atoms with E-state index >= 15 is 0 Å². The van der Waals surface area contributed by atoms with Gasteiger partial charge in [-0.15, -0.1) is 10.2 Å². The minimum Gasteiger partial charge on any atom is -0.326 e. The molecule has 3 aromatic rings. The van der Waals surface area contributed by atoms with Crippen LogP contribution in [0.5, 0.6) is 0 Å². The Hall–Kier alpha value is -3.59. The number of aryl methyl sites for hydroxylation is 1. The number of hydrogen-bond donors (Lipinski definition) is 2. The third-order valence-corrected chi connectivity index (χ3v) is 7.29. The van der Waals surface area contributed by atoms with E-state index in [4.69, 9.17) is 0 Å². The number of anilines is 3. The Morgan fingerprint density at radius 2 is 1.86 bits per heavy atom. The van der Waals surface area contributed by atoms with Crippen LogP contribution in [0.3, 0.4) is 0 Å². The van der Waals surface area contributed by atoms with Gasteiger partial charge in [0.25, 0.3) is 5.91 Å². The number of hydrogen-bond acceptors (Lipinski definition) is 6. The van der Waals surface area contributed by atoms with Crippen LogP contribution in [0.2, 0.25) is 0 Å². The summed E-state index contributed by atoms with van der Waals surface area (Å²) in [5.74, 6) is -0.467. The predicted octanol–water partition coefficient (Wildman–Crippen LogP) is 4.99. The SMILES string of the molecule is CCC(CC)C(=O)Nc1cccc(C(=O)Nc2nnc([C@@H]3CC(=O)N(c4ccccc4C)C3)s2)c1. The number of benzene rings is 2. The zero-order valence-corrected chi connectivity index (χ0v) is 20.9. The van der Waals surface area contributed by atoms with Gasteiger partial charge < -0.3 is 10.2 Å². The second-order valence-electron chi connectivity index (χ2n) is 8.67. The lowest BCUT2D eigenvalue weighted by atomic mass is 10.0. The number of nitrogens with zero attached hydrogens (tertiary/aromatic N) is 3. The van der Waals surface area contributed by atoms with Gasteiger partial charge in [-0.2, -0.15) is 0 Å². The van der Waals surface area contributed by atoms with Crippen molar-refractivity contribution >= 4 is 45.6 Å². The van der Waals surface area contributed by atoms with E-state index in [0.717, 1.165) is 29.1 Å². The van der Waals surface area contributed by atoms with Crippen molar-refractivity contribution in [2.75, 3.05) is 22.1 Å². The molecule has 8 nitrogen and oxygen atoms in total. The number of amides is 3. The molecule has 0 bridgehead atoms. The second kappa shape index (κ2) is 10.8. The molecule has 1 aliphatic rings. The summed E-state index contributed by atoms with van der Waals surface area (Å²) in [6.45, 7) is 6.48. The Bertz CT molecular complexity index is 1240. The first-order chi connectivity index (χ1) is 16.9. The van der Waals surface area contributed by atoms with E-state index in [2.05, 4.69) is 20.8 Å². The lowest BCUT2D eigenvalue weighted by Gasteiger charge is -2.18. The van der Waals surface area contributed by atoms with Crippen LogP contribution in [0.25, 0.3) is 0 Å². The molecule has 1 saturated heterocycles. The van der Waals surface area contributed by atoms with Gasteiger partial charge in [-0.25, -0.2) is 0 Å². The van der Waals surface area contributed by atoms with Crippen LogP contribution in [0.15, 0.2) is 48.5 Å². The first-order valence-corrected chi connectivity index (χ1v) is 12.6. The van der Waals surface area contributed by atoms with Crippen molar-refractivity contribution in [2.24, 2.45) is 5.92 Å². The van der Waals surface area contributed by atoms with Crippen LogP contribution in [0.1, 0.15) is 60.0 Å². The molecule has 3 amide bonds. The van der Waals surface area contributed by atoms with Gasteiger partial charge in [0.15, 0.2) is 0 Å². The highest BCUT2D eigenvalue weighted by Crippen LogP contribution is 2.35. The molecule has 2 heterocycles. The molecule has 0 aliphatic carbocycles. The third kappa shape index (κ3) is 5.57. The molecule has 0 saturated carbocycles. The number of aromatic nitrogens is 2. The molecule has 9 heteroatoms. The fourth-order valence-corrected chi connectivity index (χ4v) is 5.06. The summed E-state index contributed by atoms with van der Waals surface area (Å²) in [5, 5.41) is 15.1. The van der Waals surface area contributed by atoms with Gasteiger partial charge >= 0.3 is 0 Å². The molecule has 2 N–H and O–H groups in total. The highest BCUT2D eigenvalue weighted by molar-refractivity contribution is 7.15. The lowest BCUT2D eigenvalue weighted by Crippen LogP contribution is -2.25. The molecule has 35 heavy (non-hydrogen) atoms. The quantitative estimate of drug-likeness (QED) is 0.462. The number of rotatable bonds is 8. The number of nitrogens with one attached hydrogen (secondary N) is 2. The second-order valence-corrected chi connectivity index (χ2v) is 9.68. The predicted molar refractivity (Wildman–Crippen MR) is 138 cm³/mol. The number of carbonyl (C=O) groups excluding carboxylic acids is 3. The van der Waals surface area contributed by atoms with Crippen LogP contribution >= 0.6 is 11.3 Å². The van der Waals surface area contributed by atoms with Crippen LogP contribution in [0, 0.1) is 12.8 Å². The smallest absolute Gasteiger partial charge is 0.257 e. The van der Waals surface area contributed by atoms with Gasteiger partial charge in [0.1, 0.15) is 5.01 Å². The van der Waals surface area contributed by atoms with Gasteiger partial charge in [-0.3, -0.25) is 19.7 Å². The number of carbonyl (C=O) groups is 3. The first kappa shape index (κ1) is 24.5. The molecule has 1 atom stereocenters. The molecule has 1 aromatic heterocycles. The Kier molecular flexibility index (Phi) is 7.55. The Balaban J connectivity index is 1.40. The maximum absolute atomic E-state index is 12.8. The van der Waals surface area contributed by atoms with Crippen LogP contribution in [0.4, 0.5) is 16.5 Å². The van der Waals surface area contributed by atoms with E-state index in [1.54, 1.807) is 29.2 Å². The molecular weight excluding hydrogens is 462 g/mol. The number of para-hydroxylation sites is 1. The molecule has 0 radical (unpaired) electrons. The molecule has 4 rings (SSSR count). The Labute approximate surface area is 208 Å². The fourth-order valence-electron chi connectivity index (χ4n) is 4.23. The Morgan fingerprint density at radius 1 is 1.09 bits per heavy atom. The van der Waals surface area contributed by atoms with Crippen molar-refractivity contribution in [1.82, 2.24) is 10.2 Å². The fraction of sp³-hybridized carbons (Fsp3) is 0.346. The van der Waals surface area contributed by atoms with E-state index in [1.165, 1.54) is 11.3 Å². The van der Waals surface area contributed by atoms with Crippen molar-refractivity contribution < 1.29 is 14.4 Å². The van der Waals surface area contributed by atoms with Gasteiger partial charge in [0.2, 0.25) is 16.9 Å². The highest BCUT2D eigenvalue weighted by atomic mass is 32.1. The zero-order valence-electron chi connectivity index (χ0n) is 20.1. The van der Waals surface area contributed by atoms with Crippen molar-refractivity contribution in [2.45, 2.75) is 46.0 Å². The van der Waals surface area contributed by atoms with Crippen molar-refractivity contribution in [3.63, 3.8) is 0 Å². The van der Waals surface area contributed by atoms with E-state index in [0.29, 0.717) is 29.3 Å². The third-order valence-electron chi connectivity index (χ3n) is 6.29. The average molecular weight is 492 g/mol. The van der Waals surface area contributed by atoms with E-state index in [9.17, 15) is 14.4 Å². The standard InChI is InChI=1S/C26H29N5O3S/c1-4-17(5-2)23(33)27-20-11-8-10-18(13-20)24(34)28-26-30-29-25(35-26)19-14-22(32)31(15-19)21-12-7-6-9-16(21)3/h6-13,17,19H,4-5,14-15H2,1-3H3,(H,27,33)(H,28,30,34)/t19-/m1/s1. The molecule has 1 aliphatic heterocycles. The summed E-state index contributed by atoms with van der Waals surface area (Å²) in [6, 6.07) is 14.6. The highest BCUT2D eigenvalue weighted by Gasteiger charge is 2.34. The normalized spacial score (nSPS) is 15.5.